The van der Waals surface area contributed by atoms with Gasteiger partial charge in [-0.05, 0) is 112 Å². The van der Waals surface area contributed by atoms with Crippen LogP contribution in [0, 0.1) is 27.7 Å². The van der Waals surface area contributed by atoms with Gasteiger partial charge in [-0.15, -0.1) is 0 Å². The second kappa shape index (κ2) is 18.4. The SMILES string of the molecule is CCCCC[N+](C)(C)CCn1c2ccccc2c2nc3cc(C)c(C)cc3nc21.CCCCC[N+](C)(C)CCn1c2ccccc2c2nc3cc(C)c(C)cc3nc21.[Br-]. The predicted octanol–water partition coefficient (Wildman–Crippen LogP) is 8.25. The van der Waals surface area contributed by atoms with Crippen LogP contribution in [0.1, 0.15) is 74.6 Å². The van der Waals surface area contributed by atoms with Gasteiger partial charge in [-0.2, -0.15) is 0 Å². The summed E-state index contributed by atoms with van der Waals surface area (Å²) in [4.78, 5) is 20.3. The lowest BCUT2D eigenvalue weighted by atomic mass is 10.1. The number of hydrogen-bond acceptors (Lipinski definition) is 4. The van der Waals surface area contributed by atoms with Crippen LogP contribution in [0.2, 0.25) is 0 Å². The molecule has 0 radical (unpaired) electrons. The van der Waals surface area contributed by atoms with Crippen molar-refractivity contribution in [3.05, 3.63) is 95.1 Å². The predicted molar refractivity (Wildman–Crippen MR) is 247 cm³/mol. The van der Waals surface area contributed by atoms with E-state index in [1.165, 1.54) is 95.7 Å². The molecule has 0 atom stereocenters. The van der Waals surface area contributed by atoms with Crippen LogP contribution in [0.3, 0.4) is 0 Å². The van der Waals surface area contributed by atoms with E-state index in [1.807, 2.05) is 0 Å². The molecule has 0 unspecified atom stereocenters. The Kier molecular flexibility index (Phi) is 13.8. The van der Waals surface area contributed by atoms with Crippen molar-refractivity contribution in [2.45, 2.75) is 93.2 Å². The first-order valence-corrected chi connectivity index (χ1v) is 21.7. The number of fused-ring (bicyclic) bond motifs is 8. The number of aryl methyl sites for hydroxylation is 4. The van der Waals surface area contributed by atoms with Gasteiger partial charge < -0.3 is 35.1 Å². The summed E-state index contributed by atoms with van der Waals surface area (Å²) in [5.41, 5.74) is 15.5. The molecule has 0 aliphatic rings. The maximum Gasteiger partial charge on any atom is 0.160 e. The van der Waals surface area contributed by atoms with Crippen LogP contribution in [0.5, 0.6) is 0 Å². The zero-order valence-electron chi connectivity index (χ0n) is 37.4. The summed E-state index contributed by atoms with van der Waals surface area (Å²) in [6, 6.07) is 25.9. The summed E-state index contributed by atoms with van der Waals surface area (Å²) < 4.78 is 6.83. The van der Waals surface area contributed by atoms with E-state index < -0.39 is 0 Å². The fraction of sp³-hybridized carbons (Fsp3) is 0.440. The topological polar surface area (TPSA) is 61.4 Å². The first-order valence-electron chi connectivity index (χ1n) is 21.7. The molecule has 4 aromatic heterocycles. The maximum atomic E-state index is 5.09. The average Bonchev–Trinajstić information content (AvgIpc) is 3.66. The summed E-state index contributed by atoms with van der Waals surface area (Å²) in [5, 5.41) is 2.40. The number of likely N-dealkylation sites (N-methyl/N-ethyl adjacent to an activating group) is 2. The van der Waals surface area contributed by atoms with E-state index in [0.29, 0.717) is 0 Å². The monoisotopic (exact) mass is 857 g/mol. The van der Waals surface area contributed by atoms with Crippen molar-refractivity contribution in [2.75, 3.05) is 54.4 Å². The Bertz CT molecular complexity index is 2530. The highest BCUT2D eigenvalue weighted by atomic mass is 79.9. The highest BCUT2D eigenvalue weighted by Crippen LogP contribution is 2.31. The molecule has 0 fully saturated rings. The highest BCUT2D eigenvalue weighted by molar-refractivity contribution is 6.07. The molecule has 8 rings (SSSR count). The van der Waals surface area contributed by atoms with Crippen LogP contribution in [-0.4, -0.2) is 92.4 Å². The van der Waals surface area contributed by atoms with Gasteiger partial charge in [0.25, 0.3) is 0 Å². The minimum Gasteiger partial charge on any atom is -1.00 e. The normalized spacial score (nSPS) is 12.2. The first-order chi connectivity index (χ1) is 27.8. The Balaban J connectivity index is 0.000000195. The number of hydrogen-bond donors (Lipinski definition) is 0. The molecule has 0 saturated carbocycles. The van der Waals surface area contributed by atoms with Gasteiger partial charge in [0.15, 0.2) is 11.3 Å². The van der Waals surface area contributed by atoms with Gasteiger partial charge >= 0.3 is 0 Å². The molecule has 9 heteroatoms. The number of quaternary nitrogens is 2. The molecule has 4 aromatic carbocycles. The van der Waals surface area contributed by atoms with E-state index in [1.54, 1.807) is 0 Å². The van der Waals surface area contributed by atoms with Crippen molar-refractivity contribution in [3.8, 4) is 0 Å². The van der Waals surface area contributed by atoms with Gasteiger partial charge in [0.2, 0.25) is 0 Å². The van der Waals surface area contributed by atoms with E-state index in [4.69, 9.17) is 19.9 Å². The fourth-order valence-electron chi connectivity index (χ4n) is 8.39. The summed E-state index contributed by atoms with van der Waals surface area (Å²) in [7, 11) is 9.38. The third-order valence-corrected chi connectivity index (χ3v) is 12.5. The lowest BCUT2D eigenvalue weighted by Gasteiger charge is -2.30. The number of rotatable bonds is 14. The van der Waals surface area contributed by atoms with Crippen molar-refractivity contribution in [1.29, 1.82) is 0 Å². The summed E-state index contributed by atoms with van der Waals surface area (Å²) in [5.74, 6) is 0. The van der Waals surface area contributed by atoms with Crippen LogP contribution in [0.4, 0.5) is 0 Å². The number of para-hydroxylation sites is 2. The molecule has 0 saturated heterocycles. The first kappa shape index (κ1) is 44.1. The molecule has 0 aliphatic heterocycles. The van der Waals surface area contributed by atoms with E-state index in [0.717, 1.165) is 79.5 Å². The summed E-state index contributed by atoms with van der Waals surface area (Å²) in [6.45, 7) is 19.6. The highest BCUT2D eigenvalue weighted by Gasteiger charge is 2.21. The fourth-order valence-corrected chi connectivity index (χ4v) is 8.39. The molecule has 59 heavy (non-hydrogen) atoms. The van der Waals surface area contributed by atoms with E-state index in [2.05, 4.69) is 152 Å². The maximum absolute atomic E-state index is 5.09. The molecule has 8 aromatic rings. The van der Waals surface area contributed by atoms with Crippen LogP contribution >= 0.6 is 0 Å². The minimum atomic E-state index is 0. The standard InChI is InChI=1S/2C25H33N4.BrH/c2*1-6-7-10-14-29(4,5)15-13-28-23-12-9-8-11-20(23)24-25(28)27-22-17-19(3)18(2)16-21(22)26-24;/h2*8-9,11-12,16-17H,6-7,10,13-15H2,1-5H3;1H/q2*+1;/p-1. The lowest BCUT2D eigenvalue weighted by molar-refractivity contribution is -0.891. The zero-order chi connectivity index (χ0) is 41.2. The van der Waals surface area contributed by atoms with E-state index in [9.17, 15) is 0 Å². The Labute approximate surface area is 362 Å². The Hall–Kier alpha value is -4.44. The van der Waals surface area contributed by atoms with Gasteiger partial charge in [0.05, 0.1) is 101 Å². The molecule has 312 valence electrons. The molecular weight excluding hydrogens is 793 g/mol. The number of aromatic nitrogens is 6. The molecule has 0 aliphatic carbocycles. The number of unbranched alkanes of at least 4 members (excludes halogenated alkanes) is 4. The van der Waals surface area contributed by atoms with Gasteiger partial charge in [-0.25, -0.2) is 19.9 Å². The van der Waals surface area contributed by atoms with Crippen LogP contribution in [0.25, 0.3) is 66.2 Å². The quantitative estimate of drug-likeness (QED) is 0.0818. The van der Waals surface area contributed by atoms with Gasteiger partial charge in [0, 0.05) is 10.8 Å². The Morgan fingerprint density at radius 3 is 1.15 bits per heavy atom. The Morgan fingerprint density at radius 1 is 0.458 bits per heavy atom. The van der Waals surface area contributed by atoms with Crippen LogP contribution < -0.4 is 17.0 Å². The van der Waals surface area contributed by atoms with Gasteiger partial charge in [0.1, 0.15) is 11.0 Å². The molecule has 0 amide bonds. The van der Waals surface area contributed by atoms with Crippen LogP contribution in [-0.2, 0) is 13.1 Å². The van der Waals surface area contributed by atoms with Crippen molar-refractivity contribution in [1.82, 2.24) is 29.1 Å². The van der Waals surface area contributed by atoms with Crippen LogP contribution in [0.15, 0.2) is 72.8 Å². The van der Waals surface area contributed by atoms with Gasteiger partial charge in [-0.3, -0.25) is 0 Å². The molecule has 4 heterocycles. The molecular formula is C50H66BrN8+. The minimum absolute atomic E-state index is 0. The van der Waals surface area contributed by atoms with Crippen molar-refractivity contribution in [2.24, 2.45) is 0 Å². The number of benzene rings is 4. The zero-order valence-corrected chi connectivity index (χ0v) is 39.0. The van der Waals surface area contributed by atoms with Gasteiger partial charge in [-0.1, -0.05) is 63.1 Å². The van der Waals surface area contributed by atoms with Crippen molar-refractivity contribution < 1.29 is 25.9 Å². The largest absolute Gasteiger partial charge is 1.00 e. The van der Waals surface area contributed by atoms with E-state index >= 15 is 0 Å². The third-order valence-electron chi connectivity index (χ3n) is 12.5. The molecule has 0 bridgehead atoms. The number of nitrogens with zero attached hydrogens (tertiary/aromatic N) is 8. The second-order valence-electron chi connectivity index (χ2n) is 18.2. The average molecular weight is 859 g/mol. The van der Waals surface area contributed by atoms with E-state index in [-0.39, 0.29) is 17.0 Å². The molecule has 8 nitrogen and oxygen atoms in total. The lowest BCUT2D eigenvalue weighted by Crippen LogP contribution is -3.00. The molecule has 0 N–H and O–H groups in total. The third kappa shape index (κ3) is 9.64. The summed E-state index contributed by atoms with van der Waals surface area (Å²) in [6.07, 6.45) is 7.75. The Morgan fingerprint density at radius 2 is 0.797 bits per heavy atom. The second-order valence-corrected chi connectivity index (χ2v) is 18.2. The molecule has 0 spiro atoms. The van der Waals surface area contributed by atoms with Crippen molar-refractivity contribution >= 4 is 66.2 Å². The smallest absolute Gasteiger partial charge is 0.160 e. The number of halogens is 1. The van der Waals surface area contributed by atoms with Crippen molar-refractivity contribution in [3.63, 3.8) is 0 Å². The summed E-state index contributed by atoms with van der Waals surface area (Å²) >= 11 is 0.